The van der Waals surface area contributed by atoms with Crippen LogP contribution in [0.3, 0.4) is 0 Å². The average Bonchev–Trinajstić information content (AvgIpc) is 3.49. The third kappa shape index (κ3) is 6.52. The van der Waals surface area contributed by atoms with E-state index in [4.69, 9.17) is 4.74 Å². The number of imidazole rings is 1. The van der Waals surface area contributed by atoms with Gasteiger partial charge in [0.1, 0.15) is 0 Å². The number of carbonyl (C=O) groups is 2. The van der Waals surface area contributed by atoms with Crippen molar-refractivity contribution in [3.63, 3.8) is 0 Å². The fraction of sp³-hybridized carbons (Fsp3) is 0.370. The monoisotopic (exact) mass is 492 g/mol. The Morgan fingerprint density at radius 2 is 1.86 bits per heavy atom. The smallest absolute Gasteiger partial charge is 0.243 e. The lowest BCUT2D eigenvalue weighted by Crippen LogP contribution is -2.34. The highest BCUT2D eigenvalue weighted by Crippen LogP contribution is 2.28. The van der Waals surface area contributed by atoms with E-state index in [0.717, 1.165) is 58.2 Å². The summed E-state index contributed by atoms with van der Waals surface area (Å²) in [5, 5.41) is 6.40. The molecule has 3 aromatic rings. The molecule has 4 rings (SSSR count). The molecule has 184 valence electrons. The molecule has 35 heavy (non-hydrogen) atoms. The van der Waals surface area contributed by atoms with Gasteiger partial charge in [0.05, 0.1) is 36.8 Å². The SMILES string of the molecule is Cc1cc(C)c(NC(=O)CNC(=O)CSc2ncc(-c3ccccc3)n2CC2CCCO2)c(C)c1. The van der Waals surface area contributed by atoms with Gasteiger partial charge in [-0.2, -0.15) is 0 Å². The Kier molecular flexibility index (Phi) is 8.25. The lowest BCUT2D eigenvalue weighted by molar-refractivity contribution is -0.122. The number of anilines is 1. The molecule has 7 nitrogen and oxygen atoms in total. The van der Waals surface area contributed by atoms with Gasteiger partial charge >= 0.3 is 0 Å². The number of nitrogens with zero attached hydrogens (tertiary/aromatic N) is 2. The van der Waals surface area contributed by atoms with E-state index in [2.05, 4.69) is 32.3 Å². The van der Waals surface area contributed by atoms with Crippen molar-refractivity contribution in [2.75, 3.05) is 24.2 Å². The van der Waals surface area contributed by atoms with Crippen LogP contribution in [0.1, 0.15) is 29.5 Å². The number of carbonyl (C=O) groups excluding carboxylic acids is 2. The average molecular weight is 493 g/mol. The molecule has 1 aromatic heterocycles. The van der Waals surface area contributed by atoms with Gasteiger partial charge in [-0.1, -0.05) is 59.8 Å². The molecule has 2 heterocycles. The molecule has 0 saturated carbocycles. The summed E-state index contributed by atoms with van der Waals surface area (Å²) in [4.78, 5) is 29.5. The molecule has 0 radical (unpaired) electrons. The number of rotatable bonds is 9. The molecule has 2 N–H and O–H groups in total. The zero-order chi connectivity index (χ0) is 24.8. The van der Waals surface area contributed by atoms with Gasteiger partial charge in [-0.3, -0.25) is 9.59 Å². The van der Waals surface area contributed by atoms with Crippen molar-refractivity contribution in [1.29, 1.82) is 0 Å². The molecule has 1 aliphatic rings. The van der Waals surface area contributed by atoms with Crippen LogP contribution in [0.4, 0.5) is 5.69 Å². The van der Waals surface area contributed by atoms with Crippen LogP contribution in [0.2, 0.25) is 0 Å². The van der Waals surface area contributed by atoms with Crippen LogP contribution in [-0.2, 0) is 20.9 Å². The maximum atomic E-state index is 12.5. The Morgan fingerprint density at radius 1 is 1.11 bits per heavy atom. The summed E-state index contributed by atoms with van der Waals surface area (Å²) in [6, 6.07) is 14.2. The van der Waals surface area contributed by atoms with Gasteiger partial charge in [0.2, 0.25) is 11.8 Å². The fourth-order valence-electron chi connectivity index (χ4n) is 4.40. The zero-order valence-corrected chi connectivity index (χ0v) is 21.3. The van der Waals surface area contributed by atoms with E-state index >= 15 is 0 Å². The standard InChI is InChI=1S/C27H32N4O3S/c1-18-12-19(2)26(20(3)13-18)30-24(32)15-28-25(33)17-35-27-29-14-23(21-8-5-4-6-9-21)31(27)16-22-10-7-11-34-22/h4-6,8-9,12-14,22H,7,10-11,15-17H2,1-3H3,(H,28,33)(H,30,32). The summed E-state index contributed by atoms with van der Waals surface area (Å²) in [5.41, 5.74) is 6.04. The molecule has 0 bridgehead atoms. The van der Waals surface area contributed by atoms with Gasteiger partial charge in [-0.15, -0.1) is 0 Å². The van der Waals surface area contributed by atoms with Crippen LogP contribution in [0.5, 0.6) is 0 Å². The molecule has 0 aliphatic carbocycles. The molecule has 0 spiro atoms. The topological polar surface area (TPSA) is 85.3 Å². The predicted octanol–water partition coefficient (Wildman–Crippen LogP) is 4.50. The minimum absolute atomic E-state index is 0.0776. The summed E-state index contributed by atoms with van der Waals surface area (Å²) in [7, 11) is 0. The lowest BCUT2D eigenvalue weighted by Gasteiger charge is -2.16. The van der Waals surface area contributed by atoms with Crippen LogP contribution >= 0.6 is 11.8 Å². The van der Waals surface area contributed by atoms with E-state index in [9.17, 15) is 9.59 Å². The van der Waals surface area contributed by atoms with E-state index in [1.54, 1.807) is 0 Å². The third-order valence-electron chi connectivity index (χ3n) is 6.02. The van der Waals surface area contributed by atoms with Gasteiger partial charge in [0, 0.05) is 12.3 Å². The van der Waals surface area contributed by atoms with E-state index < -0.39 is 0 Å². The van der Waals surface area contributed by atoms with Gasteiger partial charge in [0.25, 0.3) is 0 Å². The number of hydrogen-bond acceptors (Lipinski definition) is 5. The van der Waals surface area contributed by atoms with Crippen LogP contribution in [0.25, 0.3) is 11.3 Å². The summed E-state index contributed by atoms with van der Waals surface area (Å²) >= 11 is 1.37. The molecule has 1 unspecified atom stereocenters. The first-order chi connectivity index (χ1) is 16.9. The van der Waals surface area contributed by atoms with Crippen molar-refractivity contribution in [3.05, 3.63) is 65.4 Å². The predicted molar refractivity (Wildman–Crippen MR) is 140 cm³/mol. The zero-order valence-electron chi connectivity index (χ0n) is 20.5. The van der Waals surface area contributed by atoms with Crippen molar-refractivity contribution in [2.45, 2.75) is 51.4 Å². The highest BCUT2D eigenvalue weighted by Gasteiger charge is 2.21. The second-order valence-electron chi connectivity index (χ2n) is 8.92. The largest absolute Gasteiger partial charge is 0.376 e. The highest BCUT2D eigenvalue weighted by molar-refractivity contribution is 7.99. The molecule has 2 amide bonds. The Morgan fingerprint density at radius 3 is 2.54 bits per heavy atom. The Bertz CT molecular complexity index is 1160. The second kappa shape index (κ2) is 11.6. The van der Waals surface area contributed by atoms with Gasteiger partial charge < -0.3 is 19.9 Å². The first kappa shape index (κ1) is 25.0. The van der Waals surface area contributed by atoms with Gasteiger partial charge in [0.15, 0.2) is 5.16 Å². The number of nitrogens with one attached hydrogen (secondary N) is 2. The Hall–Kier alpha value is -3.10. The minimum Gasteiger partial charge on any atom is -0.376 e. The van der Waals surface area contributed by atoms with Crippen LogP contribution < -0.4 is 10.6 Å². The molecule has 2 aromatic carbocycles. The molecular weight excluding hydrogens is 460 g/mol. The van der Waals surface area contributed by atoms with E-state index in [0.29, 0.717) is 6.54 Å². The Balaban J connectivity index is 1.35. The first-order valence-corrected chi connectivity index (χ1v) is 12.9. The van der Waals surface area contributed by atoms with Gasteiger partial charge in [-0.05, 0) is 50.3 Å². The van der Waals surface area contributed by atoms with Crippen LogP contribution in [0.15, 0.2) is 53.8 Å². The second-order valence-corrected chi connectivity index (χ2v) is 9.87. The molecular formula is C27H32N4O3S. The summed E-state index contributed by atoms with van der Waals surface area (Å²) < 4.78 is 7.99. The molecule has 1 aliphatic heterocycles. The number of benzene rings is 2. The highest BCUT2D eigenvalue weighted by atomic mass is 32.2. The number of hydrogen-bond donors (Lipinski definition) is 2. The van der Waals surface area contributed by atoms with Crippen molar-refractivity contribution >= 4 is 29.3 Å². The fourth-order valence-corrected chi connectivity index (χ4v) is 5.22. The number of thioether (sulfide) groups is 1. The quantitative estimate of drug-likeness (QED) is 0.430. The minimum atomic E-state index is -0.246. The molecule has 1 atom stereocenters. The molecule has 1 saturated heterocycles. The van der Waals surface area contributed by atoms with E-state index in [-0.39, 0.29) is 30.2 Å². The Labute approximate surface area is 210 Å². The maximum absolute atomic E-state index is 12.5. The third-order valence-corrected chi connectivity index (χ3v) is 7.01. The summed E-state index contributed by atoms with van der Waals surface area (Å²) in [6.45, 7) is 7.37. The van der Waals surface area contributed by atoms with E-state index in [1.165, 1.54) is 11.8 Å². The normalized spacial score (nSPS) is 15.2. The van der Waals surface area contributed by atoms with Crippen molar-refractivity contribution < 1.29 is 14.3 Å². The van der Waals surface area contributed by atoms with Crippen molar-refractivity contribution in [2.24, 2.45) is 0 Å². The van der Waals surface area contributed by atoms with Crippen LogP contribution in [0, 0.1) is 20.8 Å². The molecule has 1 fully saturated rings. The first-order valence-electron chi connectivity index (χ1n) is 11.9. The number of aryl methyl sites for hydroxylation is 3. The summed E-state index contributed by atoms with van der Waals surface area (Å²) in [6.07, 6.45) is 4.09. The maximum Gasteiger partial charge on any atom is 0.243 e. The number of aromatic nitrogens is 2. The van der Waals surface area contributed by atoms with Gasteiger partial charge in [-0.25, -0.2) is 4.98 Å². The summed E-state index contributed by atoms with van der Waals surface area (Å²) in [5.74, 6) is -0.285. The lowest BCUT2D eigenvalue weighted by atomic mass is 10.1. The van der Waals surface area contributed by atoms with E-state index in [1.807, 2.05) is 57.3 Å². The molecule has 8 heteroatoms. The van der Waals surface area contributed by atoms with Crippen molar-refractivity contribution in [3.8, 4) is 11.3 Å². The number of ether oxygens (including phenoxy) is 1. The van der Waals surface area contributed by atoms with Crippen molar-refractivity contribution in [1.82, 2.24) is 14.9 Å². The van der Waals surface area contributed by atoms with Crippen LogP contribution in [-0.4, -0.2) is 46.4 Å². The number of amides is 2.